The van der Waals surface area contributed by atoms with Crippen molar-refractivity contribution >= 4 is 47.0 Å². The van der Waals surface area contributed by atoms with Gasteiger partial charge in [0.2, 0.25) is 10.2 Å². The van der Waals surface area contributed by atoms with Crippen LogP contribution in [0, 0.1) is 5.92 Å². The lowest BCUT2D eigenvalue weighted by molar-refractivity contribution is 0.0949. The van der Waals surface area contributed by atoms with Crippen molar-refractivity contribution in [3.05, 3.63) is 53.3 Å². The molecule has 0 amide bonds. The molecule has 0 aromatic heterocycles. The molecule has 0 fully saturated rings. The van der Waals surface area contributed by atoms with Gasteiger partial charge in [0.15, 0.2) is 0 Å². The van der Waals surface area contributed by atoms with Crippen molar-refractivity contribution in [3.63, 3.8) is 0 Å². The van der Waals surface area contributed by atoms with Gasteiger partial charge in [-0.1, -0.05) is 47.8 Å². The summed E-state index contributed by atoms with van der Waals surface area (Å²) < 4.78 is 13.9. The first-order valence-electron chi connectivity index (χ1n) is 5.89. The minimum absolute atomic E-state index is 0.460. The van der Waals surface area contributed by atoms with Gasteiger partial charge in [-0.05, 0) is 28.9 Å². The summed E-state index contributed by atoms with van der Waals surface area (Å²) in [5.74, 6) is 0.460. The summed E-state index contributed by atoms with van der Waals surface area (Å²) in [5, 5.41) is 4.14. The van der Waals surface area contributed by atoms with E-state index in [-0.39, 0.29) is 0 Å². The predicted molar refractivity (Wildman–Crippen MR) is 86.2 cm³/mol. The molecular weight excluding hydrogens is 316 g/mol. The smallest absolute Gasteiger partial charge is 0.208 e. The van der Waals surface area contributed by atoms with E-state index in [4.69, 9.17) is 9.47 Å². The van der Waals surface area contributed by atoms with Gasteiger partial charge in [-0.15, -0.1) is 0 Å². The Kier molecular flexibility index (Phi) is 3.43. The first-order chi connectivity index (χ1) is 9.40. The molecule has 0 saturated carbocycles. The van der Waals surface area contributed by atoms with E-state index in [1.165, 1.54) is 13.4 Å². The molecule has 1 aliphatic carbocycles. The Hall–Kier alpha value is -0.300. The first kappa shape index (κ1) is 12.4. The molecule has 6 heteroatoms. The average molecular weight is 326 g/mol. The lowest BCUT2D eigenvalue weighted by Crippen LogP contribution is -2.08. The van der Waals surface area contributed by atoms with E-state index >= 15 is 0 Å². The van der Waals surface area contributed by atoms with E-state index in [0.717, 1.165) is 10.2 Å². The van der Waals surface area contributed by atoms with Crippen molar-refractivity contribution in [1.29, 1.82) is 0 Å². The number of rotatable bonds is 1. The molecule has 0 atom stereocenters. The van der Waals surface area contributed by atoms with Crippen molar-refractivity contribution in [2.45, 2.75) is 0 Å². The van der Waals surface area contributed by atoms with Crippen LogP contribution in [0.3, 0.4) is 0 Å². The lowest BCUT2D eigenvalue weighted by Gasteiger charge is -2.13. The van der Waals surface area contributed by atoms with Crippen molar-refractivity contribution in [3.8, 4) is 0 Å². The number of hydrogen-bond donors (Lipinski definition) is 0. The van der Waals surface area contributed by atoms with E-state index in [1.807, 2.05) is 23.5 Å². The van der Waals surface area contributed by atoms with Gasteiger partial charge in [0.05, 0.1) is 8.47 Å². The molecule has 19 heavy (non-hydrogen) atoms. The van der Waals surface area contributed by atoms with Crippen LogP contribution in [0.25, 0.3) is 0 Å². The highest BCUT2D eigenvalue weighted by molar-refractivity contribution is 8.33. The minimum Gasteiger partial charge on any atom is -0.480 e. The summed E-state index contributed by atoms with van der Waals surface area (Å²) in [5.41, 5.74) is 0. The largest absolute Gasteiger partial charge is 0.480 e. The maximum Gasteiger partial charge on any atom is 0.208 e. The van der Waals surface area contributed by atoms with Gasteiger partial charge in [0, 0.05) is 10.8 Å². The zero-order chi connectivity index (χ0) is 12.7. The maximum absolute atomic E-state index is 5.62. The summed E-state index contributed by atoms with van der Waals surface area (Å²) in [7, 11) is 0. The van der Waals surface area contributed by atoms with Crippen molar-refractivity contribution in [2.24, 2.45) is 5.92 Å². The minimum atomic E-state index is 0.460. The molecule has 0 aromatic carbocycles. The van der Waals surface area contributed by atoms with Crippen molar-refractivity contribution in [2.75, 3.05) is 13.2 Å². The lowest BCUT2D eigenvalue weighted by atomic mass is 10.2. The number of ether oxygens (including phenoxy) is 2. The van der Waals surface area contributed by atoms with Gasteiger partial charge < -0.3 is 9.47 Å². The van der Waals surface area contributed by atoms with E-state index in [9.17, 15) is 0 Å². The molecular formula is C13H10O2S4. The Labute approximate surface area is 128 Å². The molecule has 0 N–H and O–H groups in total. The van der Waals surface area contributed by atoms with Crippen LogP contribution >= 0.6 is 47.0 Å². The van der Waals surface area contributed by atoms with Crippen LogP contribution in [-0.2, 0) is 9.47 Å². The molecule has 3 heterocycles. The topological polar surface area (TPSA) is 18.5 Å². The Morgan fingerprint density at radius 3 is 2.26 bits per heavy atom. The summed E-state index contributed by atoms with van der Waals surface area (Å²) in [6.45, 7) is 1.33. The van der Waals surface area contributed by atoms with E-state index in [2.05, 4.69) is 29.7 Å². The fourth-order valence-electron chi connectivity index (χ4n) is 1.93. The highest BCUT2D eigenvalue weighted by Gasteiger charge is 2.31. The molecule has 0 radical (unpaired) electrons. The summed E-state index contributed by atoms with van der Waals surface area (Å²) in [4.78, 5) is 1.41. The zero-order valence-electron chi connectivity index (χ0n) is 9.83. The molecule has 4 rings (SSSR count). The Balaban J connectivity index is 1.49. The molecule has 0 unspecified atom stereocenters. The van der Waals surface area contributed by atoms with Crippen LogP contribution in [0.1, 0.15) is 0 Å². The average Bonchev–Trinajstić information content (AvgIpc) is 3.17. The quantitative estimate of drug-likeness (QED) is 0.682. The van der Waals surface area contributed by atoms with E-state index in [0.29, 0.717) is 19.1 Å². The molecule has 0 saturated heterocycles. The van der Waals surface area contributed by atoms with Gasteiger partial charge in [-0.25, -0.2) is 0 Å². The van der Waals surface area contributed by atoms with Gasteiger partial charge in [0.25, 0.3) is 0 Å². The second-order valence-electron chi connectivity index (χ2n) is 4.09. The molecule has 3 aliphatic heterocycles. The van der Waals surface area contributed by atoms with Crippen LogP contribution in [0.2, 0.25) is 0 Å². The van der Waals surface area contributed by atoms with Crippen molar-refractivity contribution < 1.29 is 9.47 Å². The molecule has 0 aromatic rings. The number of allylic oxidation sites excluding steroid dienone is 5. The van der Waals surface area contributed by atoms with Crippen LogP contribution in [0.5, 0.6) is 0 Å². The fourth-order valence-corrected chi connectivity index (χ4v) is 6.94. The number of hydrogen-bond acceptors (Lipinski definition) is 6. The summed E-state index contributed by atoms with van der Waals surface area (Å²) in [6.07, 6.45) is 8.70. The zero-order valence-corrected chi connectivity index (χ0v) is 13.1. The van der Waals surface area contributed by atoms with Crippen LogP contribution in [0.15, 0.2) is 53.3 Å². The first-order valence-corrected chi connectivity index (χ1v) is 9.22. The molecule has 0 bridgehead atoms. The second kappa shape index (κ2) is 5.24. The molecule has 98 valence electrons. The van der Waals surface area contributed by atoms with Crippen LogP contribution < -0.4 is 0 Å². The summed E-state index contributed by atoms with van der Waals surface area (Å²) in [6, 6.07) is 0. The normalized spacial score (nSPS) is 25.8. The molecule has 2 nitrogen and oxygen atoms in total. The van der Waals surface area contributed by atoms with Gasteiger partial charge >= 0.3 is 0 Å². The standard InChI is InChI=1S/C13H10O2S4/c1-2-4-8(3-1)9-7-16-12(17-9)13-18-10-11(19-13)15-6-5-14-10/h1-4,7-8H,5-6H2. The Morgan fingerprint density at radius 2 is 1.58 bits per heavy atom. The van der Waals surface area contributed by atoms with Crippen LogP contribution in [0.4, 0.5) is 0 Å². The van der Waals surface area contributed by atoms with Gasteiger partial charge in [0.1, 0.15) is 13.2 Å². The fraction of sp³-hybridized carbons (Fsp3) is 0.231. The highest BCUT2D eigenvalue weighted by atomic mass is 32.2. The second-order valence-corrected chi connectivity index (χ2v) is 8.53. The maximum atomic E-state index is 5.62. The summed E-state index contributed by atoms with van der Waals surface area (Å²) >= 11 is 7.09. The number of thioether (sulfide) groups is 4. The van der Waals surface area contributed by atoms with E-state index < -0.39 is 0 Å². The SMILES string of the molecule is C1=CC(C2=CSC(=C3SC4=C(OCCO4)S3)S2)C=C1. The third-order valence-corrected chi connectivity index (χ3v) is 8.22. The predicted octanol–water partition coefficient (Wildman–Crippen LogP) is 4.83. The van der Waals surface area contributed by atoms with Gasteiger partial charge in [-0.2, -0.15) is 0 Å². The Morgan fingerprint density at radius 1 is 0.895 bits per heavy atom. The third-order valence-electron chi connectivity index (χ3n) is 2.82. The molecule has 0 spiro atoms. The monoisotopic (exact) mass is 326 g/mol. The van der Waals surface area contributed by atoms with Crippen molar-refractivity contribution in [1.82, 2.24) is 0 Å². The van der Waals surface area contributed by atoms with Gasteiger partial charge in [-0.3, -0.25) is 0 Å². The van der Waals surface area contributed by atoms with Crippen LogP contribution in [-0.4, -0.2) is 13.2 Å². The third kappa shape index (κ3) is 2.39. The highest BCUT2D eigenvalue weighted by Crippen LogP contribution is 2.59. The molecule has 4 aliphatic rings. The Bertz CT molecular complexity index is 539. The van der Waals surface area contributed by atoms with E-state index in [1.54, 1.807) is 23.5 Å².